The monoisotopic (exact) mass is 388 g/mol. The standard InChI is InChI=1S/C20H24N2O4S/c1-14-4-9-17(10-5-14)22(13-20(23)21-16-7-8-16)27(24,25)19-12-15(2)6-11-18(19)26-3/h4-6,9-12,16H,7-8,13H2,1-3H3,(H,21,23). The number of benzene rings is 2. The number of aryl methyl sites for hydroxylation is 2. The first-order chi connectivity index (χ1) is 12.8. The lowest BCUT2D eigenvalue weighted by Crippen LogP contribution is -2.41. The molecule has 2 aromatic rings. The van der Waals surface area contributed by atoms with Gasteiger partial charge in [0.1, 0.15) is 17.2 Å². The second-order valence-electron chi connectivity index (χ2n) is 6.84. The smallest absolute Gasteiger partial charge is 0.268 e. The van der Waals surface area contributed by atoms with Crippen molar-refractivity contribution in [1.29, 1.82) is 0 Å². The van der Waals surface area contributed by atoms with E-state index in [1.807, 2.05) is 26.0 Å². The molecule has 27 heavy (non-hydrogen) atoms. The van der Waals surface area contributed by atoms with Crippen LogP contribution in [0, 0.1) is 13.8 Å². The molecule has 0 radical (unpaired) electrons. The van der Waals surface area contributed by atoms with Crippen molar-refractivity contribution in [2.45, 2.75) is 37.6 Å². The largest absolute Gasteiger partial charge is 0.495 e. The fourth-order valence-electron chi connectivity index (χ4n) is 2.76. The van der Waals surface area contributed by atoms with Crippen LogP contribution in [0.25, 0.3) is 0 Å². The van der Waals surface area contributed by atoms with Crippen molar-refractivity contribution >= 4 is 21.6 Å². The number of nitrogens with zero attached hydrogens (tertiary/aromatic N) is 1. The molecule has 1 amide bonds. The fraction of sp³-hybridized carbons (Fsp3) is 0.350. The Morgan fingerprint density at radius 3 is 2.33 bits per heavy atom. The van der Waals surface area contributed by atoms with E-state index in [-0.39, 0.29) is 29.1 Å². The van der Waals surface area contributed by atoms with Gasteiger partial charge in [-0.1, -0.05) is 23.8 Å². The third-order valence-corrected chi connectivity index (χ3v) is 6.23. The Bertz CT molecular complexity index is 935. The zero-order chi connectivity index (χ0) is 19.6. The Hall–Kier alpha value is -2.54. The molecule has 0 spiro atoms. The lowest BCUT2D eigenvalue weighted by atomic mass is 10.2. The Morgan fingerprint density at radius 1 is 1.11 bits per heavy atom. The Labute approximate surface area is 160 Å². The highest BCUT2D eigenvalue weighted by molar-refractivity contribution is 7.93. The number of carbonyl (C=O) groups excluding carboxylic acids is 1. The van der Waals surface area contributed by atoms with Crippen LogP contribution in [0.4, 0.5) is 5.69 Å². The number of nitrogens with one attached hydrogen (secondary N) is 1. The summed E-state index contributed by atoms with van der Waals surface area (Å²) in [5.41, 5.74) is 2.24. The number of hydrogen-bond acceptors (Lipinski definition) is 4. The number of sulfonamides is 1. The molecule has 0 unspecified atom stereocenters. The van der Waals surface area contributed by atoms with Gasteiger partial charge in [0.2, 0.25) is 5.91 Å². The summed E-state index contributed by atoms with van der Waals surface area (Å²) in [4.78, 5) is 12.4. The highest BCUT2D eigenvalue weighted by Gasteiger charge is 2.31. The summed E-state index contributed by atoms with van der Waals surface area (Å²) in [7, 11) is -2.56. The van der Waals surface area contributed by atoms with E-state index in [2.05, 4.69) is 5.32 Å². The molecule has 1 fully saturated rings. The number of ether oxygens (including phenoxy) is 1. The van der Waals surface area contributed by atoms with Gasteiger partial charge in [-0.05, 0) is 56.5 Å². The minimum atomic E-state index is -4.00. The van der Waals surface area contributed by atoms with Gasteiger partial charge >= 0.3 is 0 Å². The average Bonchev–Trinajstić information content (AvgIpc) is 3.44. The van der Waals surface area contributed by atoms with Crippen LogP contribution < -0.4 is 14.4 Å². The highest BCUT2D eigenvalue weighted by atomic mass is 32.2. The second-order valence-corrected chi connectivity index (χ2v) is 8.67. The Balaban J connectivity index is 2.03. The van der Waals surface area contributed by atoms with Crippen LogP contribution in [-0.4, -0.2) is 34.0 Å². The first-order valence-corrected chi connectivity index (χ1v) is 10.3. The van der Waals surface area contributed by atoms with Gasteiger partial charge in [0.05, 0.1) is 12.8 Å². The lowest BCUT2D eigenvalue weighted by molar-refractivity contribution is -0.119. The first-order valence-electron chi connectivity index (χ1n) is 8.84. The van der Waals surface area contributed by atoms with Crippen LogP contribution in [0.5, 0.6) is 5.75 Å². The molecule has 3 rings (SSSR count). The van der Waals surface area contributed by atoms with Gasteiger partial charge < -0.3 is 10.1 Å². The van der Waals surface area contributed by atoms with E-state index in [4.69, 9.17) is 4.74 Å². The maximum atomic E-state index is 13.5. The van der Waals surface area contributed by atoms with Gasteiger partial charge in [-0.2, -0.15) is 0 Å². The predicted octanol–water partition coefficient (Wildman–Crippen LogP) is 2.79. The number of amides is 1. The second kappa shape index (κ2) is 7.60. The average molecular weight is 388 g/mol. The minimum absolute atomic E-state index is 0.0461. The minimum Gasteiger partial charge on any atom is -0.495 e. The molecule has 0 aliphatic heterocycles. The lowest BCUT2D eigenvalue weighted by Gasteiger charge is -2.25. The zero-order valence-electron chi connectivity index (χ0n) is 15.7. The molecule has 144 valence electrons. The van der Waals surface area contributed by atoms with Crippen molar-refractivity contribution in [2.75, 3.05) is 18.0 Å². The SMILES string of the molecule is COc1ccc(C)cc1S(=O)(=O)N(CC(=O)NC1CC1)c1ccc(C)cc1. The van der Waals surface area contributed by atoms with Gasteiger partial charge in [-0.15, -0.1) is 0 Å². The van der Waals surface area contributed by atoms with Crippen molar-refractivity contribution < 1.29 is 17.9 Å². The summed E-state index contributed by atoms with van der Waals surface area (Å²) in [6.07, 6.45) is 1.88. The molecule has 6 nitrogen and oxygen atoms in total. The number of carbonyl (C=O) groups is 1. The number of methoxy groups -OCH3 is 1. The summed E-state index contributed by atoms with van der Waals surface area (Å²) in [6, 6.07) is 12.2. The molecule has 0 bridgehead atoms. The summed E-state index contributed by atoms with van der Waals surface area (Å²) in [6.45, 7) is 3.46. The molecule has 0 atom stereocenters. The van der Waals surface area contributed by atoms with Crippen LogP contribution >= 0.6 is 0 Å². The van der Waals surface area contributed by atoms with Crippen molar-refractivity contribution in [2.24, 2.45) is 0 Å². The molecule has 1 saturated carbocycles. The van der Waals surface area contributed by atoms with Gasteiger partial charge in [0.25, 0.3) is 10.0 Å². The Kier molecular flexibility index (Phi) is 5.41. The third-order valence-electron chi connectivity index (χ3n) is 4.44. The number of hydrogen-bond donors (Lipinski definition) is 1. The van der Waals surface area contributed by atoms with Gasteiger partial charge in [0.15, 0.2) is 0 Å². The van der Waals surface area contributed by atoms with Crippen LogP contribution in [0.1, 0.15) is 24.0 Å². The van der Waals surface area contributed by atoms with E-state index in [1.165, 1.54) is 7.11 Å². The molecule has 1 N–H and O–H groups in total. The Morgan fingerprint density at radius 2 is 1.74 bits per heavy atom. The number of anilines is 1. The maximum absolute atomic E-state index is 13.5. The van der Waals surface area contributed by atoms with Crippen LogP contribution in [0.15, 0.2) is 47.4 Å². The molecule has 0 saturated heterocycles. The summed E-state index contributed by atoms with van der Waals surface area (Å²) >= 11 is 0. The molecular weight excluding hydrogens is 364 g/mol. The molecule has 0 heterocycles. The summed E-state index contributed by atoms with van der Waals surface area (Å²) in [5.74, 6) is -0.0615. The molecule has 1 aliphatic rings. The fourth-order valence-corrected chi connectivity index (χ4v) is 4.43. The van der Waals surface area contributed by atoms with Crippen LogP contribution in [-0.2, 0) is 14.8 Å². The van der Waals surface area contributed by atoms with E-state index >= 15 is 0 Å². The first kappa shape index (κ1) is 19.2. The van der Waals surface area contributed by atoms with E-state index in [9.17, 15) is 13.2 Å². The highest BCUT2D eigenvalue weighted by Crippen LogP contribution is 2.31. The van der Waals surface area contributed by atoms with Gasteiger partial charge in [0, 0.05) is 6.04 Å². The van der Waals surface area contributed by atoms with E-state index in [0.29, 0.717) is 5.69 Å². The van der Waals surface area contributed by atoms with Crippen molar-refractivity contribution in [1.82, 2.24) is 5.32 Å². The van der Waals surface area contributed by atoms with Gasteiger partial charge in [-0.3, -0.25) is 9.10 Å². The van der Waals surface area contributed by atoms with Crippen molar-refractivity contribution in [3.63, 3.8) is 0 Å². The quantitative estimate of drug-likeness (QED) is 0.791. The van der Waals surface area contributed by atoms with Crippen molar-refractivity contribution in [3.8, 4) is 5.75 Å². The van der Waals surface area contributed by atoms with E-state index in [0.717, 1.165) is 28.3 Å². The molecule has 7 heteroatoms. The molecule has 0 aromatic heterocycles. The third kappa shape index (κ3) is 4.42. The molecule has 1 aliphatic carbocycles. The molecular formula is C20H24N2O4S. The molecule has 2 aromatic carbocycles. The normalized spacial score (nSPS) is 13.9. The van der Waals surface area contributed by atoms with E-state index in [1.54, 1.807) is 30.3 Å². The summed E-state index contributed by atoms with van der Waals surface area (Å²) < 4.78 is 33.3. The maximum Gasteiger partial charge on any atom is 0.268 e. The predicted molar refractivity (Wildman–Crippen MR) is 105 cm³/mol. The number of rotatable bonds is 7. The topological polar surface area (TPSA) is 75.7 Å². The zero-order valence-corrected chi connectivity index (χ0v) is 16.5. The van der Waals surface area contributed by atoms with Crippen molar-refractivity contribution in [3.05, 3.63) is 53.6 Å². The van der Waals surface area contributed by atoms with E-state index < -0.39 is 10.0 Å². The van der Waals surface area contributed by atoms with Crippen LogP contribution in [0.3, 0.4) is 0 Å². The van der Waals surface area contributed by atoms with Crippen LogP contribution in [0.2, 0.25) is 0 Å². The summed E-state index contributed by atoms with van der Waals surface area (Å²) in [5, 5.41) is 2.85. The van der Waals surface area contributed by atoms with Gasteiger partial charge in [-0.25, -0.2) is 8.42 Å².